The van der Waals surface area contributed by atoms with Gasteiger partial charge in [0.25, 0.3) is 5.91 Å². The molecule has 0 saturated heterocycles. The summed E-state index contributed by atoms with van der Waals surface area (Å²) in [5.74, 6) is 0.128. The van der Waals surface area contributed by atoms with Gasteiger partial charge in [-0.2, -0.15) is 0 Å². The van der Waals surface area contributed by atoms with Gasteiger partial charge >= 0.3 is 0 Å². The van der Waals surface area contributed by atoms with E-state index in [1.165, 1.54) is 0 Å². The van der Waals surface area contributed by atoms with Crippen LogP contribution >= 0.6 is 11.6 Å². The van der Waals surface area contributed by atoms with Crippen molar-refractivity contribution in [3.8, 4) is 5.75 Å². The molecule has 2 amide bonds. The molecule has 0 aliphatic rings. The van der Waals surface area contributed by atoms with Crippen LogP contribution in [0, 0.1) is 13.8 Å². The number of rotatable bonds is 9. The van der Waals surface area contributed by atoms with Crippen LogP contribution in [0.5, 0.6) is 5.75 Å². The zero-order valence-corrected chi connectivity index (χ0v) is 22.4. The molecular weight excluding hydrogens is 472 g/mol. The van der Waals surface area contributed by atoms with Crippen molar-refractivity contribution in [2.24, 2.45) is 0 Å². The van der Waals surface area contributed by atoms with Gasteiger partial charge in [0.1, 0.15) is 11.8 Å². The van der Waals surface area contributed by atoms with Crippen LogP contribution in [-0.4, -0.2) is 34.9 Å². The first kappa shape index (κ1) is 27.3. The van der Waals surface area contributed by atoms with E-state index in [4.69, 9.17) is 16.3 Å². The molecule has 36 heavy (non-hydrogen) atoms. The van der Waals surface area contributed by atoms with Gasteiger partial charge in [0.2, 0.25) is 5.91 Å². The van der Waals surface area contributed by atoms with Crippen molar-refractivity contribution >= 4 is 23.4 Å². The molecule has 6 heteroatoms. The Balaban J connectivity index is 1.95. The molecule has 0 aliphatic heterocycles. The minimum absolute atomic E-state index is 0.184. The van der Waals surface area contributed by atoms with Crippen molar-refractivity contribution in [3.05, 3.63) is 100 Å². The summed E-state index contributed by atoms with van der Waals surface area (Å²) in [6.45, 7) is 9.72. The summed E-state index contributed by atoms with van der Waals surface area (Å²) in [6, 6.07) is 22.1. The highest BCUT2D eigenvalue weighted by molar-refractivity contribution is 6.31. The molecule has 5 nitrogen and oxygen atoms in total. The summed E-state index contributed by atoms with van der Waals surface area (Å²) in [5, 5.41) is 3.60. The second-order valence-corrected chi connectivity index (χ2v) is 10.5. The SMILES string of the molecule is Cc1ccc(OCC(=O)N(Cc2ccccc2Cl)[C@H](Cc2ccccc2)C(=O)NC(C)(C)C)c(C)c1. The van der Waals surface area contributed by atoms with Gasteiger partial charge < -0.3 is 15.0 Å². The second-order valence-electron chi connectivity index (χ2n) is 10.1. The lowest BCUT2D eigenvalue weighted by atomic mass is 10.0. The number of hydrogen-bond acceptors (Lipinski definition) is 3. The lowest BCUT2D eigenvalue weighted by Crippen LogP contribution is -2.55. The Kier molecular flexibility index (Phi) is 9.16. The molecule has 0 radical (unpaired) electrons. The van der Waals surface area contributed by atoms with Crippen molar-refractivity contribution in [3.63, 3.8) is 0 Å². The third kappa shape index (κ3) is 7.85. The number of hydrogen-bond donors (Lipinski definition) is 1. The molecule has 3 aromatic rings. The third-order valence-electron chi connectivity index (χ3n) is 5.75. The fraction of sp³-hybridized carbons (Fsp3) is 0.333. The Morgan fingerprint density at radius 1 is 0.972 bits per heavy atom. The van der Waals surface area contributed by atoms with Crippen LogP contribution in [0.4, 0.5) is 0 Å². The van der Waals surface area contributed by atoms with Crippen LogP contribution in [0.25, 0.3) is 0 Å². The van der Waals surface area contributed by atoms with Crippen molar-refractivity contribution < 1.29 is 14.3 Å². The fourth-order valence-corrected chi connectivity index (χ4v) is 4.20. The summed E-state index contributed by atoms with van der Waals surface area (Å²) in [7, 11) is 0. The van der Waals surface area contributed by atoms with Crippen molar-refractivity contribution in [2.45, 2.75) is 59.2 Å². The van der Waals surface area contributed by atoms with E-state index < -0.39 is 11.6 Å². The van der Waals surface area contributed by atoms with Crippen LogP contribution in [0.15, 0.2) is 72.8 Å². The summed E-state index contributed by atoms with van der Waals surface area (Å²) >= 11 is 6.46. The quantitative estimate of drug-likeness (QED) is 0.393. The molecule has 0 fully saturated rings. The van der Waals surface area contributed by atoms with Gasteiger partial charge in [0, 0.05) is 23.5 Å². The number of amides is 2. The average molecular weight is 507 g/mol. The number of nitrogens with zero attached hydrogens (tertiary/aromatic N) is 1. The molecule has 190 valence electrons. The van der Waals surface area contributed by atoms with Crippen LogP contribution < -0.4 is 10.1 Å². The molecule has 0 unspecified atom stereocenters. The first-order valence-corrected chi connectivity index (χ1v) is 12.5. The summed E-state index contributed by atoms with van der Waals surface area (Å²) in [4.78, 5) is 28.8. The van der Waals surface area contributed by atoms with Crippen LogP contribution in [0.3, 0.4) is 0 Å². The highest BCUT2D eigenvalue weighted by Crippen LogP contribution is 2.22. The van der Waals surface area contributed by atoms with Gasteiger partial charge in [0.05, 0.1) is 0 Å². The predicted octanol–water partition coefficient (Wildman–Crippen LogP) is 5.89. The van der Waals surface area contributed by atoms with Crippen LogP contribution in [0.2, 0.25) is 5.02 Å². The number of nitrogens with one attached hydrogen (secondary N) is 1. The normalized spacial score (nSPS) is 12.1. The minimum atomic E-state index is -0.752. The van der Waals surface area contributed by atoms with Crippen molar-refractivity contribution in [1.82, 2.24) is 10.2 Å². The Labute approximate surface area is 219 Å². The van der Waals surface area contributed by atoms with Gasteiger partial charge in [-0.1, -0.05) is 77.8 Å². The number of ether oxygens (including phenoxy) is 1. The summed E-state index contributed by atoms with van der Waals surface area (Å²) in [6.07, 6.45) is 0.364. The Morgan fingerprint density at radius 2 is 1.64 bits per heavy atom. The Bertz CT molecular complexity index is 1190. The van der Waals surface area contributed by atoms with Gasteiger partial charge in [-0.25, -0.2) is 0 Å². The van der Waals surface area contributed by atoms with Crippen molar-refractivity contribution in [1.29, 1.82) is 0 Å². The molecule has 0 aromatic heterocycles. The largest absolute Gasteiger partial charge is 0.483 e. The number of halogens is 1. The topological polar surface area (TPSA) is 58.6 Å². The molecular formula is C30H35ClN2O3. The predicted molar refractivity (Wildman–Crippen MR) is 145 cm³/mol. The van der Waals surface area contributed by atoms with E-state index in [0.29, 0.717) is 17.2 Å². The molecule has 0 spiro atoms. The molecule has 0 heterocycles. The molecule has 0 aliphatic carbocycles. The maximum absolute atomic E-state index is 13.7. The monoisotopic (exact) mass is 506 g/mol. The Hall–Kier alpha value is -3.31. The highest BCUT2D eigenvalue weighted by atomic mass is 35.5. The van der Waals surface area contributed by atoms with Crippen LogP contribution in [0.1, 0.15) is 43.0 Å². The molecule has 0 bridgehead atoms. The maximum atomic E-state index is 13.7. The van der Waals surface area contributed by atoms with E-state index in [-0.39, 0.29) is 25.0 Å². The maximum Gasteiger partial charge on any atom is 0.261 e. The van der Waals surface area contributed by atoms with E-state index in [2.05, 4.69) is 5.32 Å². The van der Waals surface area contributed by atoms with Gasteiger partial charge in [-0.3, -0.25) is 9.59 Å². The minimum Gasteiger partial charge on any atom is -0.483 e. The smallest absolute Gasteiger partial charge is 0.261 e. The van der Waals surface area contributed by atoms with E-state index in [1.54, 1.807) is 11.0 Å². The van der Waals surface area contributed by atoms with E-state index in [0.717, 1.165) is 22.3 Å². The fourth-order valence-electron chi connectivity index (χ4n) is 4.00. The number of aryl methyl sites for hydroxylation is 2. The molecule has 3 rings (SSSR count). The molecule has 1 atom stereocenters. The van der Waals surface area contributed by atoms with Gasteiger partial charge in [0.15, 0.2) is 6.61 Å². The second kappa shape index (κ2) is 12.1. The number of benzene rings is 3. The lowest BCUT2D eigenvalue weighted by molar-refractivity contribution is -0.143. The zero-order chi connectivity index (χ0) is 26.3. The zero-order valence-electron chi connectivity index (χ0n) is 21.7. The third-order valence-corrected chi connectivity index (χ3v) is 6.12. The van der Waals surface area contributed by atoms with Gasteiger partial charge in [-0.05, 0) is 63.4 Å². The standard InChI is InChI=1S/C30H35ClN2O3/c1-21-15-16-27(22(2)17-21)36-20-28(34)33(19-24-13-9-10-14-25(24)31)26(29(35)32-30(3,4)5)18-23-11-7-6-8-12-23/h6-17,26H,18-20H2,1-5H3,(H,32,35)/t26-/m1/s1. The summed E-state index contributed by atoms with van der Waals surface area (Å²) in [5.41, 5.74) is 3.33. The van der Waals surface area contributed by atoms with E-state index >= 15 is 0 Å². The summed E-state index contributed by atoms with van der Waals surface area (Å²) < 4.78 is 5.93. The number of carbonyl (C=O) groups is 2. The van der Waals surface area contributed by atoms with E-state index in [1.807, 2.05) is 101 Å². The first-order chi connectivity index (χ1) is 17.0. The number of carbonyl (C=O) groups excluding carboxylic acids is 2. The van der Waals surface area contributed by atoms with Gasteiger partial charge in [-0.15, -0.1) is 0 Å². The molecule has 1 N–H and O–H groups in total. The van der Waals surface area contributed by atoms with E-state index in [9.17, 15) is 9.59 Å². The highest BCUT2D eigenvalue weighted by Gasteiger charge is 2.32. The first-order valence-electron chi connectivity index (χ1n) is 12.1. The van der Waals surface area contributed by atoms with Crippen LogP contribution in [-0.2, 0) is 22.6 Å². The molecule has 0 saturated carbocycles. The lowest BCUT2D eigenvalue weighted by Gasteiger charge is -2.34. The Morgan fingerprint density at radius 3 is 2.28 bits per heavy atom. The molecule has 3 aromatic carbocycles. The van der Waals surface area contributed by atoms with Crippen molar-refractivity contribution in [2.75, 3.05) is 6.61 Å². The average Bonchev–Trinajstić information content (AvgIpc) is 2.81.